The lowest BCUT2D eigenvalue weighted by atomic mass is 10.2. The summed E-state index contributed by atoms with van der Waals surface area (Å²) in [6, 6.07) is 9.94. The number of anilines is 2. The number of hydrogen-bond acceptors (Lipinski definition) is 5. The standard InChI is InChI=1S/C19H15ClF3N3O2S/c20-16-6-3-12(7-15(16)19(21,22)23)25-18-26-13(10-29-18)8-17(28)24-9-11-1-4-14(27)5-2-11/h1-7,10,27H,8-9H2,(H,24,28)(H,25,26). The Kier molecular flexibility index (Phi) is 6.29. The highest BCUT2D eigenvalue weighted by Crippen LogP contribution is 2.36. The summed E-state index contributed by atoms with van der Waals surface area (Å²) in [5.41, 5.74) is 0.583. The zero-order valence-corrected chi connectivity index (χ0v) is 16.3. The van der Waals surface area contributed by atoms with Crippen molar-refractivity contribution in [1.29, 1.82) is 0 Å². The summed E-state index contributed by atoms with van der Waals surface area (Å²) in [7, 11) is 0. The number of phenols is 1. The van der Waals surface area contributed by atoms with Gasteiger partial charge in [-0.25, -0.2) is 4.98 Å². The third-order valence-electron chi connectivity index (χ3n) is 3.84. The number of phenolic OH excluding ortho intramolecular Hbond substituents is 1. The summed E-state index contributed by atoms with van der Waals surface area (Å²) >= 11 is 6.79. The number of hydrogen-bond donors (Lipinski definition) is 3. The number of carbonyl (C=O) groups excluding carboxylic acids is 1. The zero-order chi connectivity index (χ0) is 21.0. The molecular formula is C19H15ClF3N3O2S. The highest BCUT2D eigenvalue weighted by molar-refractivity contribution is 7.13. The molecule has 0 aliphatic rings. The molecule has 3 rings (SSSR count). The van der Waals surface area contributed by atoms with Crippen molar-refractivity contribution in [3.05, 3.63) is 69.7 Å². The number of carbonyl (C=O) groups is 1. The van der Waals surface area contributed by atoms with E-state index in [1.165, 1.54) is 29.5 Å². The Bertz CT molecular complexity index is 1010. The predicted octanol–water partition coefficient (Wildman–Crippen LogP) is 5.12. The Balaban J connectivity index is 1.58. The quantitative estimate of drug-likeness (QED) is 0.496. The zero-order valence-electron chi connectivity index (χ0n) is 14.8. The fraction of sp³-hybridized carbons (Fsp3) is 0.158. The molecule has 0 saturated heterocycles. The van der Waals surface area contributed by atoms with Crippen LogP contribution in [0.15, 0.2) is 47.8 Å². The van der Waals surface area contributed by atoms with Crippen LogP contribution < -0.4 is 10.6 Å². The molecule has 0 aliphatic heterocycles. The summed E-state index contributed by atoms with van der Waals surface area (Å²) in [5.74, 6) is -0.105. The molecule has 0 spiro atoms. The van der Waals surface area contributed by atoms with Crippen molar-refractivity contribution in [3.63, 3.8) is 0 Å². The minimum absolute atomic E-state index is 0.0324. The van der Waals surface area contributed by atoms with Gasteiger partial charge in [0.2, 0.25) is 5.91 Å². The maximum absolute atomic E-state index is 12.9. The largest absolute Gasteiger partial charge is 0.508 e. The first kappa shape index (κ1) is 20.9. The van der Waals surface area contributed by atoms with Gasteiger partial charge < -0.3 is 15.7 Å². The summed E-state index contributed by atoms with van der Waals surface area (Å²) in [6.45, 7) is 0.305. The molecule has 0 saturated carbocycles. The Labute approximate surface area is 173 Å². The van der Waals surface area contributed by atoms with Gasteiger partial charge in [-0.3, -0.25) is 4.79 Å². The Morgan fingerprint density at radius 3 is 2.59 bits per heavy atom. The van der Waals surface area contributed by atoms with Crippen molar-refractivity contribution in [2.24, 2.45) is 0 Å². The number of thiazole rings is 1. The summed E-state index contributed by atoms with van der Waals surface area (Å²) in [6.07, 6.45) is -4.52. The molecule has 1 aromatic heterocycles. The van der Waals surface area contributed by atoms with Crippen LogP contribution in [0.2, 0.25) is 5.02 Å². The van der Waals surface area contributed by atoms with Gasteiger partial charge in [0.25, 0.3) is 0 Å². The van der Waals surface area contributed by atoms with Crippen LogP contribution in [-0.2, 0) is 23.9 Å². The van der Waals surface area contributed by atoms with Crippen LogP contribution in [0, 0.1) is 0 Å². The van der Waals surface area contributed by atoms with E-state index in [2.05, 4.69) is 15.6 Å². The van der Waals surface area contributed by atoms with Crippen LogP contribution in [0.25, 0.3) is 0 Å². The number of rotatable bonds is 6. The fourth-order valence-corrected chi connectivity index (χ4v) is 3.39. The second-order valence-electron chi connectivity index (χ2n) is 6.08. The average molecular weight is 442 g/mol. The second kappa shape index (κ2) is 8.71. The maximum Gasteiger partial charge on any atom is 0.417 e. The van der Waals surface area contributed by atoms with E-state index in [9.17, 15) is 23.1 Å². The molecule has 152 valence electrons. The molecule has 0 bridgehead atoms. The van der Waals surface area contributed by atoms with Gasteiger partial charge in [0.05, 0.1) is 22.7 Å². The van der Waals surface area contributed by atoms with Gasteiger partial charge in [0.1, 0.15) is 5.75 Å². The molecule has 29 heavy (non-hydrogen) atoms. The number of benzene rings is 2. The van der Waals surface area contributed by atoms with E-state index < -0.39 is 11.7 Å². The van der Waals surface area contributed by atoms with E-state index in [-0.39, 0.29) is 28.8 Å². The second-order valence-corrected chi connectivity index (χ2v) is 7.35. The maximum atomic E-state index is 12.9. The Hall–Kier alpha value is -2.78. The number of nitrogens with one attached hydrogen (secondary N) is 2. The molecular weight excluding hydrogens is 427 g/mol. The van der Waals surface area contributed by atoms with Crippen LogP contribution in [0.1, 0.15) is 16.8 Å². The summed E-state index contributed by atoms with van der Waals surface area (Å²) < 4.78 is 38.8. The van der Waals surface area contributed by atoms with Crippen molar-refractivity contribution in [3.8, 4) is 5.75 Å². The number of alkyl halides is 3. The van der Waals surface area contributed by atoms with Gasteiger partial charge in [0.15, 0.2) is 5.13 Å². The van der Waals surface area contributed by atoms with E-state index in [4.69, 9.17) is 11.6 Å². The fourth-order valence-electron chi connectivity index (χ4n) is 2.43. The van der Waals surface area contributed by atoms with Crippen LogP contribution in [0.4, 0.5) is 24.0 Å². The number of aromatic nitrogens is 1. The van der Waals surface area contributed by atoms with Crippen molar-refractivity contribution < 1.29 is 23.1 Å². The van der Waals surface area contributed by atoms with E-state index >= 15 is 0 Å². The lowest BCUT2D eigenvalue weighted by molar-refractivity contribution is -0.137. The smallest absolute Gasteiger partial charge is 0.417 e. The molecule has 0 radical (unpaired) electrons. The van der Waals surface area contributed by atoms with Gasteiger partial charge in [-0.05, 0) is 35.9 Å². The molecule has 1 heterocycles. The first-order valence-corrected chi connectivity index (χ1v) is 9.59. The van der Waals surface area contributed by atoms with Crippen LogP contribution >= 0.6 is 22.9 Å². The molecule has 5 nitrogen and oxygen atoms in total. The van der Waals surface area contributed by atoms with Gasteiger partial charge in [-0.2, -0.15) is 13.2 Å². The third kappa shape index (κ3) is 5.85. The molecule has 0 atom stereocenters. The van der Waals surface area contributed by atoms with Gasteiger partial charge in [-0.15, -0.1) is 11.3 Å². The van der Waals surface area contributed by atoms with Crippen molar-refractivity contribution in [2.75, 3.05) is 5.32 Å². The van der Waals surface area contributed by atoms with Crippen molar-refractivity contribution >= 4 is 39.7 Å². The lowest BCUT2D eigenvalue weighted by Crippen LogP contribution is -2.24. The molecule has 10 heteroatoms. The van der Waals surface area contributed by atoms with E-state index in [1.54, 1.807) is 17.5 Å². The highest BCUT2D eigenvalue weighted by atomic mass is 35.5. The normalized spacial score (nSPS) is 11.3. The predicted molar refractivity (Wildman–Crippen MR) is 106 cm³/mol. The molecule has 0 unspecified atom stereocenters. The van der Waals surface area contributed by atoms with E-state index in [1.807, 2.05) is 0 Å². The SMILES string of the molecule is O=C(Cc1csc(Nc2ccc(Cl)c(C(F)(F)F)c2)n1)NCc1ccc(O)cc1. The molecule has 3 N–H and O–H groups in total. The number of amides is 1. The van der Waals surface area contributed by atoms with Crippen molar-refractivity contribution in [1.82, 2.24) is 10.3 Å². The van der Waals surface area contributed by atoms with Crippen LogP contribution in [-0.4, -0.2) is 16.0 Å². The molecule has 3 aromatic rings. The Morgan fingerprint density at radius 2 is 1.90 bits per heavy atom. The first-order valence-electron chi connectivity index (χ1n) is 8.33. The molecule has 1 amide bonds. The minimum Gasteiger partial charge on any atom is -0.508 e. The van der Waals surface area contributed by atoms with Gasteiger partial charge in [-0.1, -0.05) is 23.7 Å². The molecule has 2 aromatic carbocycles. The van der Waals surface area contributed by atoms with Gasteiger partial charge >= 0.3 is 6.18 Å². The monoisotopic (exact) mass is 441 g/mol. The Morgan fingerprint density at radius 1 is 1.17 bits per heavy atom. The first-order chi connectivity index (χ1) is 13.7. The average Bonchev–Trinajstić information content (AvgIpc) is 3.08. The van der Waals surface area contributed by atoms with E-state index in [0.717, 1.165) is 17.7 Å². The summed E-state index contributed by atoms with van der Waals surface area (Å²) in [4.78, 5) is 16.3. The lowest BCUT2D eigenvalue weighted by Gasteiger charge is -2.11. The number of nitrogens with zero attached hydrogens (tertiary/aromatic N) is 1. The molecule has 0 fully saturated rings. The van der Waals surface area contributed by atoms with E-state index in [0.29, 0.717) is 17.4 Å². The number of aromatic hydroxyl groups is 1. The minimum atomic E-state index is -4.56. The van der Waals surface area contributed by atoms with Crippen LogP contribution in [0.3, 0.4) is 0 Å². The third-order valence-corrected chi connectivity index (χ3v) is 4.98. The molecule has 0 aliphatic carbocycles. The van der Waals surface area contributed by atoms with Gasteiger partial charge in [0, 0.05) is 17.6 Å². The summed E-state index contributed by atoms with van der Waals surface area (Å²) in [5, 5.41) is 16.4. The van der Waals surface area contributed by atoms with Crippen molar-refractivity contribution in [2.45, 2.75) is 19.1 Å². The number of halogens is 4. The topological polar surface area (TPSA) is 74.2 Å². The van der Waals surface area contributed by atoms with Crippen LogP contribution in [0.5, 0.6) is 5.75 Å². The highest BCUT2D eigenvalue weighted by Gasteiger charge is 2.33.